The first-order valence-corrected chi connectivity index (χ1v) is 5.78. The Bertz CT molecular complexity index is 191. The summed E-state index contributed by atoms with van der Waals surface area (Å²) in [6.45, 7) is 3.65. The molecule has 2 atom stereocenters. The van der Waals surface area contributed by atoms with Gasteiger partial charge in [-0.05, 0) is 39.9 Å². The maximum Gasteiger partial charge on any atom is 0.0376 e. The van der Waals surface area contributed by atoms with Gasteiger partial charge < -0.3 is 10.2 Å². The van der Waals surface area contributed by atoms with Crippen molar-refractivity contribution in [1.29, 1.82) is 0 Å². The molecule has 2 fully saturated rings. The summed E-state index contributed by atoms with van der Waals surface area (Å²) >= 11 is 0. The molecule has 0 aromatic rings. The highest BCUT2D eigenvalue weighted by atomic mass is 15.3. The second kappa shape index (κ2) is 4.17. The maximum atomic E-state index is 3.52. The third kappa shape index (κ3) is 2.10. The summed E-state index contributed by atoms with van der Waals surface area (Å²) < 4.78 is 0. The number of nitrogens with zero attached hydrogens (tertiary/aromatic N) is 2. The Kier molecular flexibility index (Phi) is 3.10. The summed E-state index contributed by atoms with van der Waals surface area (Å²) in [7, 11) is 6.62. The third-order valence-electron chi connectivity index (χ3n) is 3.78. The molecule has 1 saturated heterocycles. The Balaban J connectivity index is 1.97. The maximum absolute atomic E-state index is 3.52. The van der Waals surface area contributed by atoms with Crippen LogP contribution in [0.5, 0.6) is 0 Å². The molecule has 0 aromatic carbocycles. The van der Waals surface area contributed by atoms with Gasteiger partial charge in [0, 0.05) is 31.7 Å². The molecular weight excluding hydrogens is 174 g/mol. The Morgan fingerprint density at radius 1 is 1.21 bits per heavy atom. The molecule has 3 nitrogen and oxygen atoms in total. The number of nitrogens with one attached hydrogen (secondary N) is 1. The topological polar surface area (TPSA) is 18.5 Å². The second-order valence-electron chi connectivity index (χ2n) is 4.96. The molecule has 1 heterocycles. The number of piperazine rings is 1. The Hall–Kier alpha value is -0.120. The normalized spacial score (nSPS) is 33.2. The molecule has 0 aromatic heterocycles. The van der Waals surface area contributed by atoms with E-state index in [-0.39, 0.29) is 0 Å². The molecule has 2 unspecified atom stereocenters. The minimum absolute atomic E-state index is 0.711. The quantitative estimate of drug-likeness (QED) is 0.699. The van der Waals surface area contributed by atoms with Crippen molar-refractivity contribution in [2.24, 2.45) is 5.92 Å². The van der Waals surface area contributed by atoms with E-state index in [1.54, 1.807) is 0 Å². The first-order valence-electron chi connectivity index (χ1n) is 5.78. The van der Waals surface area contributed by atoms with Crippen molar-refractivity contribution in [3.05, 3.63) is 0 Å². The lowest BCUT2D eigenvalue weighted by atomic mass is 10.00. The van der Waals surface area contributed by atoms with Gasteiger partial charge in [-0.1, -0.05) is 0 Å². The fourth-order valence-corrected chi connectivity index (χ4v) is 2.63. The van der Waals surface area contributed by atoms with Crippen LogP contribution in [0.4, 0.5) is 0 Å². The summed E-state index contributed by atoms with van der Waals surface area (Å²) in [5.74, 6) is 0.943. The van der Waals surface area contributed by atoms with Crippen LogP contribution in [0.25, 0.3) is 0 Å². The SMILES string of the molecule is CNC(C1CC1)C1CN(C)CCN1C. The minimum atomic E-state index is 0.711. The van der Waals surface area contributed by atoms with Crippen LogP contribution in [0.15, 0.2) is 0 Å². The van der Waals surface area contributed by atoms with E-state index in [0.29, 0.717) is 12.1 Å². The van der Waals surface area contributed by atoms with E-state index in [2.05, 4.69) is 36.3 Å². The van der Waals surface area contributed by atoms with E-state index in [4.69, 9.17) is 0 Å². The lowest BCUT2D eigenvalue weighted by Gasteiger charge is -2.42. The van der Waals surface area contributed by atoms with Crippen molar-refractivity contribution < 1.29 is 0 Å². The molecule has 82 valence electrons. The van der Waals surface area contributed by atoms with Crippen LogP contribution in [0, 0.1) is 5.92 Å². The van der Waals surface area contributed by atoms with Gasteiger partial charge in [0.2, 0.25) is 0 Å². The van der Waals surface area contributed by atoms with E-state index < -0.39 is 0 Å². The van der Waals surface area contributed by atoms with Crippen molar-refractivity contribution in [3.8, 4) is 0 Å². The van der Waals surface area contributed by atoms with E-state index in [1.165, 1.54) is 32.5 Å². The highest BCUT2D eigenvalue weighted by Gasteiger charge is 2.38. The van der Waals surface area contributed by atoms with Gasteiger partial charge in [-0.25, -0.2) is 0 Å². The van der Waals surface area contributed by atoms with E-state index >= 15 is 0 Å². The predicted octanol–water partition coefficient (Wildman–Crippen LogP) is 0.230. The smallest absolute Gasteiger partial charge is 0.0376 e. The van der Waals surface area contributed by atoms with Crippen LogP contribution < -0.4 is 5.32 Å². The summed E-state index contributed by atoms with van der Waals surface area (Å²) in [5.41, 5.74) is 0. The van der Waals surface area contributed by atoms with Gasteiger partial charge in [-0.2, -0.15) is 0 Å². The van der Waals surface area contributed by atoms with E-state index in [1.807, 2.05) is 0 Å². The minimum Gasteiger partial charge on any atom is -0.315 e. The van der Waals surface area contributed by atoms with Gasteiger partial charge >= 0.3 is 0 Å². The van der Waals surface area contributed by atoms with E-state index in [0.717, 1.165) is 5.92 Å². The summed E-state index contributed by atoms with van der Waals surface area (Å²) in [6.07, 6.45) is 2.86. The standard InChI is InChI=1S/C11H23N3/c1-12-11(9-4-5-9)10-8-13(2)6-7-14(10)3/h9-12H,4-8H2,1-3H3. The molecule has 0 bridgehead atoms. The van der Waals surface area contributed by atoms with Gasteiger partial charge in [0.15, 0.2) is 0 Å². The average molecular weight is 197 g/mol. The monoisotopic (exact) mass is 197 g/mol. The molecule has 1 N–H and O–H groups in total. The zero-order valence-electron chi connectivity index (χ0n) is 9.66. The van der Waals surface area contributed by atoms with Crippen LogP contribution in [-0.4, -0.2) is 62.7 Å². The number of rotatable bonds is 3. The molecule has 1 aliphatic heterocycles. The average Bonchev–Trinajstić information content (AvgIpc) is 2.96. The second-order valence-corrected chi connectivity index (χ2v) is 4.96. The number of likely N-dealkylation sites (N-methyl/N-ethyl adjacent to an activating group) is 3. The fraction of sp³-hybridized carbons (Fsp3) is 1.00. The summed E-state index contributed by atoms with van der Waals surface area (Å²) in [6, 6.07) is 1.42. The fourth-order valence-electron chi connectivity index (χ4n) is 2.63. The number of hydrogen-bond donors (Lipinski definition) is 1. The third-order valence-corrected chi connectivity index (χ3v) is 3.78. The van der Waals surface area contributed by atoms with Gasteiger partial charge in [-0.3, -0.25) is 4.90 Å². The van der Waals surface area contributed by atoms with Crippen molar-refractivity contribution in [2.45, 2.75) is 24.9 Å². The molecule has 14 heavy (non-hydrogen) atoms. The molecular formula is C11H23N3. The zero-order valence-corrected chi connectivity index (χ0v) is 9.66. The van der Waals surface area contributed by atoms with Gasteiger partial charge in [-0.15, -0.1) is 0 Å². The van der Waals surface area contributed by atoms with Crippen LogP contribution in [-0.2, 0) is 0 Å². The van der Waals surface area contributed by atoms with Crippen molar-refractivity contribution in [2.75, 3.05) is 40.8 Å². The molecule has 2 aliphatic rings. The Morgan fingerprint density at radius 2 is 1.93 bits per heavy atom. The van der Waals surface area contributed by atoms with Gasteiger partial charge in [0.1, 0.15) is 0 Å². The summed E-state index contributed by atoms with van der Waals surface area (Å²) in [5, 5.41) is 3.52. The molecule has 2 rings (SSSR count). The molecule has 0 spiro atoms. The lowest BCUT2D eigenvalue weighted by molar-refractivity contribution is 0.0839. The predicted molar refractivity (Wildman–Crippen MR) is 59.5 cm³/mol. The van der Waals surface area contributed by atoms with Crippen molar-refractivity contribution in [1.82, 2.24) is 15.1 Å². The summed E-state index contributed by atoms with van der Waals surface area (Å²) in [4.78, 5) is 4.98. The van der Waals surface area contributed by atoms with Crippen LogP contribution >= 0.6 is 0 Å². The molecule has 0 radical (unpaired) electrons. The van der Waals surface area contributed by atoms with Gasteiger partial charge in [0.05, 0.1) is 0 Å². The molecule has 0 amide bonds. The molecule has 1 saturated carbocycles. The lowest BCUT2D eigenvalue weighted by Crippen LogP contribution is -2.58. The number of hydrogen-bond acceptors (Lipinski definition) is 3. The zero-order chi connectivity index (χ0) is 10.1. The van der Waals surface area contributed by atoms with Gasteiger partial charge in [0.25, 0.3) is 0 Å². The molecule has 1 aliphatic carbocycles. The van der Waals surface area contributed by atoms with Crippen LogP contribution in [0.3, 0.4) is 0 Å². The Morgan fingerprint density at radius 3 is 2.50 bits per heavy atom. The van der Waals surface area contributed by atoms with Crippen molar-refractivity contribution >= 4 is 0 Å². The van der Waals surface area contributed by atoms with E-state index in [9.17, 15) is 0 Å². The largest absolute Gasteiger partial charge is 0.315 e. The van der Waals surface area contributed by atoms with Crippen LogP contribution in [0.2, 0.25) is 0 Å². The van der Waals surface area contributed by atoms with Crippen molar-refractivity contribution in [3.63, 3.8) is 0 Å². The van der Waals surface area contributed by atoms with Crippen LogP contribution in [0.1, 0.15) is 12.8 Å². The first kappa shape index (κ1) is 10.4. The molecule has 3 heteroatoms. The first-order chi connectivity index (χ1) is 6.72. The highest BCUT2D eigenvalue weighted by Crippen LogP contribution is 2.35. The Labute approximate surface area is 87.4 Å². The highest BCUT2D eigenvalue weighted by molar-refractivity contribution is 4.96.